The van der Waals surface area contributed by atoms with Gasteiger partial charge in [-0.3, -0.25) is 4.79 Å². The Hall–Kier alpha value is -0.970. The van der Waals surface area contributed by atoms with E-state index >= 15 is 0 Å². The molecular formula is C7H5ClF3NO. The van der Waals surface area contributed by atoms with Crippen molar-refractivity contribution in [1.82, 2.24) is 4.98 Å². The van der Waals surface area contributed by atoms with Crippen LogP contribution in [0.4, 0.5) is 13.2 Å². The van der Waals surface area contributed by atoms with E-state index in [0.29, 0.717) is 6.07 Å². The molecule has 0 spiro atoms. The highest BCUT2D eigenvalue weighted by Gasteiger charge is 2.32. The predicted octanol–water partition coefficient (Wildman–Crippen LogP) is 2.13. The van der Waals surface area contributed by atoms with Gasteiger partial charge in [-0.2, -0.15) is 13.2 Å². The van der Waals surface area contributed by atoms with Crippen molar-refractivity contribution >= 4 is 11.6 Å². The summed E-state index contributed by atoms with van der Waals surface area (Å²) in [6.07, 6.45) is -4.54. The minimum Gasteiger partial charge on any atom is -0.354 e. The first-order valence-electron chi connectivity index (χ1n) is 3.30. The summed E-state index contributed by atoms with van der Waals surface area (Å²) in [6.45, 7) is 0. The van der Waals surface area contributed by atoms with Crippen molar-refractivity contribution in [1.29, 1.82) is 0 Å². The molecule has 1 N–H and O–H groups in total. The maximum Gasteiger partial charge on any atom is 0.431 e. The second kappa shape index (κ2) is 3.41. The number of aromatic nitrogens is 1. The molecule has 0 aliphatic rings. The number of rotatable bonds is 1. The molecule has 72 valence electrons. The normalized spacial score (nSPS) is 11.7. The molecule has 0 saturated carbocycles. The molecule has 0 bridgehead atoms. The minimum absolute atomic E-state index is 0.0569. The first-order valence-corrected chi connectivity index (χ1v) is 3.83. The molecule has 0 aromatic carbocycles. The summed E-state index contributed by atoms with van der Waals surface area (Å²) < 4.78 is 36.2. The van der Waals surface area contributed by atoms with E-state index in [0.717, 1.165) is 6.07 Å². The van der Waals surface area contributed by atoms with Crippen molar-refractivity contribution in [2.24, 2.45) is 0 Å². The van der Waals surface area contributed by atoms with Crippen molar-refractivity contribution in [2.75, 3.05) is 0 Å². The highest BCUT2D eigenvalue weighted by Crippen LogP contribution is 2.26. The Morgan fingerprint density at radius 3 is 2.46 bits per heavy atom. The van der Waals surface area contributed by atoms with Crippen LogP contribution in [0.1, 0.15) is 11.4 Å². The molecule has 13 heavy (non-hydrogen) atoms. The third-order valence-electron chi connectivity index (χ3n) is 1.35. The first-order chi connectivity index (χ1) is 5.93. The van der Waals surface area contributed by atoms with E-state index in [1.807, 2.05) is 4.98 Å². The zero-order chi connectivity index (χ0) is 10.1. The molecule has 2 nitrogen and oxygen atoms in total. The van der Waals surface area contributed by atoms with Crippen molar-refractivity contribution in [2.45, 2.75) is 12.1 Å². The van der Waals surface area contributed by atoms with Crippen LogP contribution in [-0.2, 0) is 12.1 Å². The maximum atomic E-state index is 12.1. The SMILES string of the molecule is O=c1cc(CCl)[nH]c(C(F)(F)F)c1. The van der Waals surface area contributed by atoms with Gasteiger partial charge in [0.15, 0.2) is 5.43 Å². The molecule has 0 aliphatic carbocycles. The van der Waals surface area contributed by atoms with Crippen LogP contribution in [0.5, 0.6) is 0 Å². The topological polar surface area (TPSA) is 32.9 Å². The van der Waals surface area contributed by atoms with Gasteiger partial charge in [0, 0.05) is 17.8 Å². The van der Waals surface area contributed by atoms with Gasteiger partial charge in [-0.1, -0.05) is 0 Å². The predicted molar refractivity (Wildman–Crippen MR) is 41.6 cm³/mol. The van der Waals surface area contributed by atoms with Crippen LogP contribution >= 0.6 is 11.6 Å². The number of nitrogens with one attached hydrogen (secondary N) is 1. The number of alkyl halides is 4. The van der Waals surface area contributed by atoms with Crippen LogP contribution in [0.25, 0.3) is 0 Å². The van der Waals surface area contributed by atoms with Crippen molar-refractivity contribution in [3.05, 3.63) is 33.7 Å². The van der Waals surface area contributed by atoms with E-state index in [1.54, 1.807) is 0 Å². The summed E-state index contributed by atoms with van der Waals surface area (Å²) in [5, 5.41) is 0. The number of halogens is 4. The fraction of sp³-hybridized carbons (Fsp3) is 0.286. The number of pyridine rings is 1. The zero-order valence-corrected chi connectivity index (χ0v) is 7.04. The molecule has 0 radical (unpaired) electrons. The van der Waals surface area contributed by atoms with Crippen LogP contribution < -0.4 is 5.43 Å². The number of hydrogen-bond acceptors (Lipinski definition) is 1. The van der Waals surface area contributed by atoms with Gasteiger partial charge in [0.25, 0.3) is 0 Å². The molecule has 1 aromatic heterocycles. The summed E-state index contributed by atoms with van der Waals surface area (Å²) in [6, 6.07) is 1.53. The molecule has 0 atom stereocenters. The summed E-state index contributed by atoms with van der Waals surface area (Å²) in [4.78, 5) is 12.8. The quantitative estimate of drug-likeness (QED) is 0.710. The summed E-state index contributed by atoms with van der Waals surface area (Å²) in [5.41, 5.74) is -1.72. The maximum absolute atomic E-state index is 12.1. The third-order valence-corrected chi connectivity index (χ3v) is 1.64. The van der Waals surface area contributed by atoms with Crippen LogP contribution in [0, 0.1) is 0 Å². The molecule has 1 aromatic rings. The minimum atomic E-state index is -4.54. The monoisotopic (exact) mass is 211 g/mol. The second-order valence-corrected chi connectivity index (χ2v) is 2.65. The highest BCUT2D eigenvalue weighted by molar-refractivity contribution is 6.16. The van der Waals surface area contributed by atoms with Gasteiger partial charge < -0.3 is 4.98 Å². The van der Waals surface area contributed by atoms with E-state index < -0.39 is 17.3 Å². The van der Waals surface area contributed by atoms with Gasteiger partial charge in [-0.15, -0.1) is 11.6 Å². The summed E-state index contributed by atoms with van der Waals surface area (Å²) >= 11 is 5.28. The fourth-order valence-corrected chi connectivity index (χ4v) is 0.969. The van der Waals surface area contributed by atoms with Crippen LogP contribution in [-0.4, -0.2) is 4.98 Å². The van der Waals surface area contributed by atoms with E-state index in [2.05, 4.69) is 0 Å². The molecule has 0 fully saturated rings. The Morgan fingerprint density at radius 2 is 2.00 bits per heavy atom. The zero-order valence-electron chi connectivity index (χ0n) is 6.28. The standard InChI is InChI=1S/C7H5ClF3NO/c8-3-4-1-5(13)2-6(12-4)7(9,10)11/h1-2H,3H2,(H,12,13). The van der Waals surface area contributed by atoms with Gasteiger partial charge in [0.05, 0.1) is 5.88 Å². The Balaban J connectivity index is 3.24. The van der Waals surface area contributed by atoms with Crippen molar-refractivity contribution < 1.29 is 13.2 Å². The lowest BCUT2D eigenvalue weighted by Gasteiger charge is -2.06. The highest BCUT2D eigenvalue weighted by atomic mass is 35.5. The van der Waals surface area contributed by atoms with Crippen LogP contribution in [0.3, 0.4) is 0 Å². The Bertz CT molecular complexity index is 357. The van der Waals surface area contributed by atoms with Crippen molar-refractivity contribution in [3.8, 4) is 0 Å². The Kier molecular flexibility index (Phi) is 2.66. The van der Waals surface area contributed by atoms with E-state index in [9.17, 15) is 18.0 Å². The van der Waals surface area contributed by atoms with E-state index in [4.69, 9.17) is 11.6 Å². The van der Waals surface area contributed by atoms with Gasteiger partial charge in [0.1, 0.15) is 5.69 Å². The molecule has 1 rings (SSSR count). The Labute approximate surface area is 76.3 Å². The molecule has 0 unspecified atom stereocenters. The lowest BCUT2D eigenvalue weighted by atomic mass is 10.3. The second-order valence-electron chi connectivity index (χ2n) is 2.39. The molecule has 6 heteroatoms. The summed E-state index contributed by atoms with van der Waals surface area (Å²) in [7, 11) is 0. The molecular weight excluding hydrogens is 207 g/mol. The number of H-pyrrole nitrogens is 1. The third kappa shape index (κ3) is 2.48. The van der Waals surface area contributed by atoms with E-state index in [1.165, 1.54) is 0 Å². The molecule has 1 heterocycles. The fourth-order valence-electron chi connectivity index (χ4n) is 0.825. The lowest BCUT2D eigenvalue weighted by molar-refractivity contribution is -0.141. The van der Waals surface area contributed by atoms with Gasteiger partial charge in [-0.25, -0.2) is 0 Å². The number of hydrogen-bond donors (Lipinski definition) is 1. The van der Waals surface area contributed by atoms with Gasteiger partial charge >= 0.3 is 6.18 Å². The number of aromatic amines is 1. The average molecular weight is 212 g/mol. The molecule has 0 aliphatic heterocycles. The van der Waals surface area contributed by atoms with Gasteiger partial charge in [0.2, 0.25) is 0 Å². The van der Waals surface area contributed by atoms with Gasteiger partial charge in [-0.05, 0) is 0 Å². The smallest absolute Gasteiger partial charge is 0.354 e. The largest absolute Gasteiger partial charge is 0.431 e. The molecule has 0 amide bonds. The first kappa shape index (κ1) is 10.1. The molecule has 0 saturated heterocycles. The van der Waals surface area contributed by atoms with Crippen molar-refractivity contribution in [3.63, 3.8) is 0 Å². The van der Waals surface area contributed by atoms with Crippen LogP contribution in [0.2, 0.25) is 0 Å². The van der Waals surface area contributed by atoms with E-state index in [-0.39, 0.29) is 11.6 Å². The lowest BCUT2D eigenvalue weighted by Crippen LogP contribution is -2.14. The average Bonchev–Trinajstić information content (AvgIpc) is 2.01. The van der Waals surface area contributed by atoms with Crippen LogP contribution in [0.15, 0.2) is 16.9 Å². The summed E-state index contributed by atoms with van der Waals surface area (Å²) in [5.74, 6) is -0.154. The Morgan fingerprint density at radius 1 is 1.38 bits per heavy atom.